The Labute approximate surface area is 328 Å². The lowest BCUT2D eigenvalue weighted by atomic mass is 9.94. The van der Waals surface area contributed by atoms with Gasteiger partial charge in [-0.2, -0.15) is 0 Å². The van der Waals surface area contributed by atoms with Crippen LogP contribution >= 0.6 is 0 Å². The van der Waals surface area contributed by atoms with Gasteiger partial charge in [-0.25, -0.2) is 9.59 Å². The average Bonchev–Trinajstić information content (AvgIpc) is 3.23. The molecule has 5 aromatic carbocycles. The molecule has 0 saturated heterocycles. The first-order chi connectivity index (χ1) is 27.6. The summed E-state index contributed by atoms with van der Waals surface area (Å²) < 4.78 is 51.5. The van der Waals surface area contributed by atoms with Crippen LogP contribution in [0.5, 0.6) is 40.2 Å². The zero-order valence-electron chi connectivity index (χ0n) is 32.3. The monoisotopic (exact) mass is 778 g/mol. The summed E-state index contributed by atoms with van der Waals surface area (Å²) in [6, 6.07) is 25.0. The maximum absolute atomic E-state index is 14.2. The number of hydrogen-bond donors (Lipinski definition) is 1. The van der Waals surface area contributed by atoms with E-state index in [0.717, 1.165) is 18.2 Å². The predicted octanol–water partition coefficient (Wildman–Crippen LogP) is 7.17. The van der Waals surface area contributed by atoms with Crippen LogP contribution in [0.25, 0.3) is 21.5 Å². The maximum atomic E-state index is 14.2. The molecule has 0 radical (unpaired) electrons. The van der Waals surface area contributed by atoms with Crippen molar-refractivity contribution in [2.75, 3.05) is 42.7 Å². The predicted molar refractivity (Wildman–Crippen MR) is 210 cm³/mol. The molecule has 0 bridgehead atoms. The summed E-state index contributed by atoms with van der Waals surface area (Å²) in [5, 5.41) is 13.1. The smallest absolute Gasteiger partial charge is 0.374 e. The van der Waals surface area contributed by atoms with Gasteiger partial charge in [-0.05, 0) is 34.7 Å². The van der Waals surface area contributed by atoms with Gasteiger partial charge in [0, 0.05) is 35.4 Å². The van der Waals surface area contributed by atoms with E-state index in [2.05, 4.69) is 0 Å². The van der Waals surface area contributed by atoms with Gasteiger partial charge < -0.3 is 47.4 Å². The SMILES string of the molecule is COC(=O)c1cc2cc(C(O)CC(=O)Cc3cc4c(OC)cc(OC)c(OC)c4c(OC)c3OCc3ccccc3)c(OCc3ccccc3)c(OC)c2c(=O)o1. The second kappa shape index (κ2) is 17.8. The van der Waals surface area contributed by atoms with Crippen LogP contribution in [0.1, 0.15) is 45.3 Å². The minimum absolute atomic E-state index is 0.0253. The Hall–Kier alpha value is -6.73. The lowest BCUT2D eigenvalue weighted by Gasteiger charge is -2.22. The summed E-state index contributed by atoms with van der Waals surface area (Å²) >= 11 is 0. The highest BCUT2D eigenvalue weighted by Crippen LogP contribution is 2.51. The van der Waals surface area contributed by atoms with Crippen molar-refractivity contribution in [3.63, 3.8) is 0 Å². The molecule has 0 aliphatic rings. The van der Waals surface area contributed by atoms with Gasteiger partial charge in [0.2, 0.25) is 5.76 Å². The number of rotatable bonds is 17. The molecule has 0 spiro atoms. The number of aliphatic hydroxyl groups excluding tert-OH is 1. The maximum Gasteiger partial charge on any atom is 0.374 e. The molecule has 0 fully saturated rings. The van der Waals surface area contributed by atoms with E-state index in [-0.39, 0.29) is 70.5 Å². The molecule has 0 saturated carbocycles. The number of carbonyl (C=O) groups is 2. The number of ketones is 1. The summed E-state index contributed by atoms with van der Waals surface area (Å²) in [6.07, 6.45) is -2.07. The Morgan fingerprint density at radius 3 is 1.79 bits per heavy atom. The Balaban J connectivity index is 1.44. The Morgan fingerprint density at radius 1 is 0.649 bits per heavy atom. The van der Waals surface area contributed by atoms with Crippen LogP contribution in [0.3, 0.4) is 0 Å². The molecule has 1 unspecified atom stereocenters. The number of ether oxygens (including phenoxy) is 8. The van der Waals surface area contributed by atoms with Crippen molar-refractivity contribution >= 4 is 33.3 Å². The molecule has 1 N–H and O–H groups in total. The number of benzene rings is 5. The molecule has 1 atom stereocenters. The van der Waals surface area contributed by atoms with Gasteiger partial charge in [0.1, 0.15) is 30.1 Å². The third-order valence-corrected chi connectivity index (χ3v) is 9.34. The van der Waals surface area contributed by atoms with Crippen molar-refractivity contribution < 1.29 is 57.0 Å². The van der Waals surface area contributed by atoms with Gasteiger partial charge in [-0.3, -0.25) is 4.79 Å². The van der Waals surface area contributed by atoms with Crippen molar-refractivity contribution in [2.45, 2.75) is 32.2 Å². The zero-order chi connectivity index (χ0) is 40.6. The molecule has 0 amide bonds. The molecule has 13 heteroatoms. The second-order valence-electron chi connectivity index (χ2n) is 12.8. The fourth-order valence-corrected chi connectivity index (χ4v) is 6.70. The molecule has 57 heavy (non-hydrogen) atoms. The minimum Gasteiger partial charge on any atom is -0.496 e. The first kappa shape index (κ1) is 39.9. The zero-order valence-corrected chi connectivity index (χ0v) is 32.3. The molecule has 1 aromatic heterocycles. The molecular weight excluding hydrogens is 736 g/mol. The number of methoxy groups -OCH3 is 6. The molecule has 1 heterocycles. The number of hydrogen-bond acceptors (Lipinski definition) is 13. The quantitative estimate of drug-likeness (QED) is 0.0930. The number of aliphatic hydroxyl groups is 1. The van der Waals surface area contributed by atoms with Crippen LogP contribution in [0.15, 0.2) is 94.1 Å². The average molecular weight is 779 g/mol. The van der Waals surface area contributed by atoms with E-state index in [1.165, 1.54) is 47.7 Å². The van der Waals surface area contributed by atoms with Crippen LogP contribution < -0.4 is 38.8 Å². The fourth-order valence-electron chi connectivity index (χ4n) is 6.70. The standard InChI is InChI=1S/C44H42O13/c1-49-33-22-34(50-2)40(51-3)37-31(33)19-28(38(42(37)53-5)55-23-25-13-9-7-10-14-25)17-29(45)21-32(46)30-18-27-20-35(43(47)54-6)57-44(48)36(27)41(52-4)39(30)56-24-26-15-11-8-12-16-26/h7-16,18-20,22,32,46H,17,21,23-24H2,1-6H3. The van der Waals surface area contributed by atoms with Gasteiger partial charge in [0.15, 0.2) is 34.5 Å². The van der Waals surface area contributed by atoms with Gasteiger partial charge in [0.25, 0.3) is 0 Å². The number of esters is 1. The first-order valence-corrected chi connectivity index (χ1v) is 17.8. The molecule has 6 rings (SSSR count). The van der Waals surface area contributed by atoms with Crippen LogP contribution in [0.4, 0.5) is 0 Å². The summed E-state index contributed by atoms with van der Waals surface area (Å²) in [5.74, 6) is 0.146. The minimum atomic E-state index is -1.47. The number of fused-ring (bicyclic) bond motifs is 2. The van der Waals surface area contributed by atoms with Crippen molar-refractivity contribution in [2.24, 2.45) is 0 Å². The summed E-state index contributed by atoms with van der Waals surface area (Å²) in [7, 11) is 8.51. The van der Waals surface area contributed by atoms with E-state index in [9.17, 15) is 19.5 Å². The highest BCUT2D eigenvalue weighted by atomic mass is 16.5. The van der Waals surface area contributed by atoms with Crippen LogP contribution in [0, 0.1) is 0 Å². The van der Waals surface area contributed by atoms with Crippen LogP contribution in [0.2, 0.25) is 0 Å². The summed E-state index contributed by atoms with van der Waals surface area (Å²) in [6.45, 7) is 0.188. The van der Waals surface area contributed by atoms with E-state index in [1.54, 1.807) is 12.1 Å². The molecule has 0 aliphatic heterocycles. The van der Waals surface area contributed by atoms with Crippen molar-refractivity contribution in [3.8, 4) is 40.2 Å². The van der Waals surface area contributed by atoms with Crippen molar-refractivity contribution in [3.05, 3.63) is 123 Å². The van der Waals surface area contributed by atoms with E-state index in [1.807, 2.05) is 60.7 Å². The second-order valence-corrected chi connectivity index (χ2v) is 12.8. The van der Waals surface area contributed by atoms with Crippen molar-refractivity contribution in [1.82, 2.24) is 0 Å². The Kier molecular flexibility index (Phi) is 12.5. The number of carbonyl (C=O) groups excluding carboxylic acids is 2. The Morgan fingerprint density at radius 2 is 1.23 bits per heavy atom. The van der Waals surface area contributed by atoms with E-state index < -0.39 is 24.1 Å². The first-order valence-electron chi connectivity index (χ1n) is 17.8. The van der Waals surface area contributed by atoms with E-state index in [4.69, 9.17) is 42.3 Å². The molecular formula is C44H42O13. The van der Waals surface area contributed by atoms with E-state index in [0.29, 0.717) is 33.6 Å². The molecule has 6 aromatic rings. The molecule has 0 aliphatic carbocycles. The largest absolute Gasteiger partial charge is 0.496 e. The topological polar surface area (TPSA) is 158 Å². The molecule has 296 valence electrons. The van der Waals surface area contributed by atoms with Crippen molar-refractivity contribution in [1.29, 1.82) is 0 Å². The summed E-state index contributed by atoms with van der Waals surface area (Å²) in [5.41, 5.74) is 1.38. The van der Waals surface area contributed by atoms with Gasteiger partial charge in [-0.1, -0.05) is 60.7 Å². The van der Waals surface area contributed by atoms with Crippen LogP contribution in [-0.4, -0.2) is 59.5 Å². The Bertz CT molecular complexity index is 2460. The number of Topliss-reactive ketones (excluding diaryl/α,β-unsaturated/α-hetero) is 1. The lowest BCUT2D eigenvalue weighted by Crippen LogP contribution is -2.14. The lowest BCUT2D eigenvalue weighted by molar-refractivity contribution is -0.120. The van der Waals surface area contributed by atoms with Crippen LogP contribution in [-0.2, 0) is 29.2 Å². The van der Waals surface area contributed by atoms with Gasteiger partial charge in [-0.15, -0.1) is 0 Å². The third kappa shape index (κ3) is 8.29. The van der Waals surface area contributed by atoms with E-state index >= 15 is 0 Å². The molecule has 13 nitrogen and oxygen atoms in total. The fraction of sp³-hybridized carbons (Fsp3) is 0.250. The summed E-state index contributed by atoms with van der Waals surface area (Å²) in [4.78, 5) is 39.8. The third-order valence-electron chi connectivity index (χ3n) is 9.34. The van der Waals surface area contributed by atoms with Gasteiger partial charge >= 0.3 is 11.6 Å². The normalized spacial score (nSPS) is 11.5. The highest BCUT2D eigenvalue weighted by Gasteiger charge is 2.29. The van der Waals surface area contributed by atoms with Gasteiger partial charge in [0.05, 0.1) is 54.1 Å². The highest BCUT2D eigenvalue weighted by molar-refractivity contribution is 6.03.